The highest BCUT2D eigenvalue weighted by atomic mass is 79.9. The first kappa shape index (κ1) is 30.6. The number of nitrogens with zero attached hydrogens (tertiary/aromatic N) is 2. The Labute approximate surface area is 232 Å². The second-order valence-electron chi connectivity index (χ2n) is 8.83. The van der Waals surface area contributed by atoms with E-state index in [0.29, 0.717) is 5.56 Å². The Morgan fingerprint density at radius 3 is 2.03 bits per heavy atom. The molecule has 2 aromatic heterocycles. The fourth-order valence-electron chi connectivity index (χ4n) is 2.79. The molecule has 0 aliphatic carbocycles. The number of pyridine rings is 2. The van der Waals surface area contributed by atoms with Gasteiger partial charge < -0.3 is 10.0 Å². The van der Waals surface area contributed by atoms with Crippen LogP contribution in [0.1, 0.15) is 11.1 Å². The monoisotopic (exact) mass is 590 g/mol. The zero-order valence-corrected chi connectivity index (χ0v) is 23.7. The molecule has 0 aliphatic heterocycles. The predicted molar refractivity (Wildman–Crippen MR) is 156 cm³/mol. The number of hydrogen-bond acceptors (Lipinski definition) is 4. The summed E-state index contributed by atoms with van der Waals surface area (Å²) in [6.45, 7) is 6.74. The summed E-state index contributed by atoms with van der Waals surface area (Å²) in [7, 11) is -3.02. The van der Waals surface area contributed by atoms with Crippen LogP contribution in [0.25, 0.3) is 11.1 Å². The molecule has 2 aromatic carbocycles. The molecule has 0 bridgehead atoms. The van der Waals surface area contributed by atoms with Crippen LogP contribution in [0.2, 0.25) is 19.6 Å². The van der Waals surface area contributed by atoms with Crippen molar-refractivity contribution in [2.75, 3.05) is 0 Å². The highest BCUT2D eigenvalue weighted by Gasteiger charge is 2.15. The molecule has 192 valence electrons. The van der Waals surface area contributed by atoms with Gasteiger partial charge in [-0.3, -0.25) is 0 Å². The Kier molecular flexibility index (Phi) is 12.1. The maximum absolute atomic E-state index is 13.3. The molecule has 0 radical (unpaired) electrons. The highest BCUT2D eigenvalue weighted by Crippen LogP contribution is 2.21. The maximum atomic E-state index is 13.3. The second kappa shape index (κ2) is 15.0. The Hall–Kier alpha value is -3.60. The van der Waals surface area contributed by atoms with Crippen molar-refractivity contribution in [3.63, 3.8) is 0 Å². The number of terminal acetylenes is 1. The molecule has 2 N–H and O–H groups in total. The molecule has 0 spiro atoms. The summed E-state index contributed by atoms with van der Waals surface area (Å²) >= 11 is 3.43. The molecule has 0 atom stereocenters. The van der Waals surface area contributed by atoms with Crippen LogP contribution in [0.4, 0.5) is 8.78 Å². The van der Waals surface area contributed by atoms with E-state index in [9.17, 15) is 8.78 Å². The Morgan fingerprint density at radius 1 is 0.842 bits per heavy atom. The van der Waals surface area contributed by atoms with Gasteiger partial charge in [-0.25, -0.2) is 9.97 Å². The lowest BCUT2D eigenvalue weighted by molar-refractivity contribution is 0.422. The number of halogens is 3. The minimum Gasteiger partial charge on any atom is -0.423 e. The number of benzene rings is 2. The molecule has 0 aliphatic rings. The molecule has 0 amide bonds. The van der Waals surface area contributed by atoms with Crippen molar-refractivity contribution in [2.45, 2.75) is 19.6 Å². The van der Waals surface area contributed by atoms with Gasteiger partial charge in [-0.15, -0.1) is 12.0 Å². The fraction of sp³-hybridized carbons (Fsp3) is 0.103. The third-order valence-corrected chi connectivity index (χ3v) is 5.94. The van der Waals surface area contributed by atoms with E-state index in [-0.39, 0.29) is 5.46 Å². The van der Waals surface area contributed by atoms with Gasteiger partial charge in [-0.2, -0.15) is 8.78 Å². The van der Waals surface area contributed by atoms with Gasteiger partial charge >= 0.3 is 7.12 Å². The summed E-state index contributed by atoms with van der Waals surface area (Å²) in [6, 6.07) is 21.3. The van der Waals surface area contributed by atoms with E-state index in [1.165, 1.54) is 24.5 Å². The van der Waals surface area contributed by atoms with Gasteiger partial charge in [-0.1, -0.05) is 71.7 Å². The van der Waals surface area contributed by atoms with Crippen LogP contribution in [-0.4, -0.2) is 35.2 Å². The highest BCUT2D eigenvalue weighted by molar-refractivity contribution is 9.10. The van der Waals surface area contributed by atoms with Gasteiger partial charge in [0.1, 0.15) is 8.07 Å². The topological polar surface area (TPSA) is 66.2 Å². The molecule has 0 fully saturated rings. The van der Waals surface area contributed by atoms with E-state index in [2.05, 4.69) is 62.9 Å². The quantitative estimate of drug-likeness (QED) is 0.185. The van der Waals surface area contributed by atoms with Gasteiger partial charge in [0, 0.05) is 39.0 Å². The van der Waals surface area contributed by atoms with Crippen molar-refractivity contribution in [1.29, 1.82) is 0 Å². The average molecular weight is 591 g/mol. The second-order valence-corrected chi connectivity index (χ2v) is 14.5. The minimum atomic E-state index is -1.78. The SMILES string of the molecule is C#Cc1cccc(-c2cccnc2F)c1.C[Si](C)(C)C#Cc1cccc(Br)c1.OB(O)c1cccnc1F. The van der Waals surface area contributed by atoms with Gasteiger partial charge in [0.15, 0.2) is 0 Å². The molecule has 0 saturated carbocycles. The van der Waals surface area contributed by atoms with Crippen molar-refractivity contribution in [2.24, 2.45) is 0 Å². The third-order valence-electron chi connectivity index (χ3n) is 4.57. The van der Waals surface area contributed by atoms with Crippen LogP contribution in [0.15, 0.2) is 89.7 Å². The average Bonchev–Trinajstić information content (AvgIpc) is 2.88. The number of rotatable bonds is 2. The van der Waals surface area contributed by atoms with Crippen LogP contribution in [0.3, 0.4) is 0 Å². The van der Waals surface area contributed by atoms with Gasteiger partial charge in [0.25, 0.3) is 0 Å². The van der Waals surface area contributed by atoms with Gasteiger partial charge in [0.2, 0.25) is 11.9 Å². The Morgan fingerprint density at radius 2 is 1.47 bits per heavy atom. The van der Waals surface area contributed by atoms with E-state index in [1.54, 1.807) is 36.4 Å². The van der Waals surface area contributed by atoms with Crippen LogP contribution in [-0.2, 0) is 0 Å². The molecule has 2 heterocycles. The van der Waals surface area contributed by atoms with E-state index in [4.69, 9.17) is 16.5 Å². The van der Waals surface area contributed by atoms with Crippen molar-refractivity contribution in [1.82, 2.24) is 9.97 Å². The van der Waals surface area contributed by atoms with Crippen molar-refractivity contribution in [3.8, 4) is 34.9 Å². The van der Waals surface area contributed by atoms with E-state index >= 15 is 0 Å². The molecule has 0 saturated heterocycles. The molecular formula is C29H26BBrF2N2O2Si. The smallest absolute Gasteiger partial charge is 0.423 e. The van der Waals surface area contributed by atoms with Crippen LogP contribution in [0.5, 0.6) is 0 Å². The van der Waals surface area contributed by atoms with Crippen LogP contribution >= 0.6 is 15.9 Å². The standard InChI is InChI=1S/C13H8FN.C11H13BrSi.C5H5BFNO2/c1-2-10-5-3-6-11(9-10)12-7-4-8-15-13(12)14;1-13(2,3)8-7-10-5-4-6-11(12)9-10;7-5-4(6(9)10)2-1-3-8-5/h1,3-9H;4-6,9H,1-3H3;1-3,9-10H. The van der Waals surface area contributed by atoms with E-state index in [1.807, 2.05) is 24.3 Å². The summed E-state index contributed by atoms with van der Waals surface area (Å²) in [5.41, 5.74) is 6.17. The van der Waals surface area contributed by atoms with Crippen molar-refractivity contribution in [3.05, 3.63) is 113 Å². The Bertz CT molecular complexity index is 1460. The normalized spacial score (nSPS) is 9.87. The predicted octanol–water partition coefficient (Wildman–Crippen LogP) is 5.45. The first-order chi connectivity index (χ1) is 18.0. The number of hydrogen-bond donors (Lipinski definition) is 2. The number of aromatic nitrogens is 2. The van der Waals surface area contributed by atoms with E-state index < -0.39 is 27.1 Å². The van der Waals surface area contributed by atoms with Crippen LogP contribution in [0, 0.1) is 35.7 Å². The van der Waals surface area contributed by atoms with E-state index in [0.717, 1.165) is 21.2 Å². The third kappa shape index (κ3) is 10.8. The van der Waals surface area contributed by atoms with Gasteiger partial charge in [-0.05, 0) is 54.1 Å². The van der Waals surface area contributed by atoms with Crippen molar-refractivity contribution < 1.29 is 18.8 Å². The summed E-state index contributed by atoms with van der Waals surface area (Å²) in [5.74, 6) is 4.39. The molecule has 0 unspecified atom stereocenters. The first-order valence-corrected chi connectivity index (χ1v) is 15.7. The molecule has 38 heavy (non-hydrogen) atoms. The molecule has 4 rings (SSSR count). The Balaban J connectivity index is 0.000000204. The fourth-order valence-corrected chi connectivity index (χ4v) is 3.71. The lowest BCUT2D eigenvalue weighted by Gasteiger charge is -2.03. The van der Waals surface area contributed by atoms with Gasteiger partial charge in [0.05, 0.1) is 0 Å². The summed E-state index contributed by atoms with van der Waals surface area (Å²) in [4.78, 5) is 6.81. The maximum Gasteiger partial charge on any atom is 0.493 e. The molecule has 4 nitrogen and oxygen atoms in total. The summed E-state index contributed by atoms with van der Waals surface area (Å²) in [6.07, 6.45) is 7.93. The summed E-state index contributed by atoms with van der Waals surface area (Å²) < 4.78 is 26.8. The molecule has 4 aromatic rings. The van der Waals surface area contributed by atoms with Crippen LogP contribution < -0.4 is 5.46 Å². The lowest BCUT2D eigenvalue weighted by atomic mass is 9.81. The molecule has 9 heteroatoms. The lowest BCUT2D eigenvalue weighted by Crippen LogP contribution is -2.33. The first-order valence-electron chi connectivity index (χ1n) is 11.4. The summed E-state index contributed by atoms with van der Waals surface area (Å²) in [5, 5.41) is 17.0. The zero-order valence-electron chi connectivity index (χ0n) is 21.2. The zero-order chi connectivity index (χ0) is 28.1. The minimum absolute atomic E-state index is 0.206. The van der Waals surface area contributed by atoms with Crippen molar-refractivity contribution >= 4 is 36.6 Å². The largest absolute Gasteiger partial charge is 0.493 e. The molecular weight excluding hydrogens is 565 g/mol.